The van der Waals surface area contributed by atoms with E-state index in [1.54, 1.807) is 22.2 Å². The Balaban J connectivity index is 1.41. The highest BCUT2D eigenvalue weighted by Crippen LogP contribution is 2.48. The molecule has 2 atom stereocenters. The molecule has 2 aliphatic heterocycles. The molecule has 6 rings (SSSR count). The number of aromatic nitrogens is 3. The van der Waals surface area contributed by atoms with Crippen molar-refractivity contribution in [3.8, 4) is 5.00 Å². The molecule has 3 aromatic rings. The van der Waals surface area contributed by atoms with Crippen LogP contribution in [0.25, 0.3) is 5.00 Å². The topological polar surface area (TPSA) is 58.0 Å². The van der Waals surface area contributed by atoms with Crippen molar-refractivity contribution in [2.45, 2.75) is 43.3 Å². The number of thioether (sulfide) groups is 1. The molecular formula is C20H21BrN6S2. The zero-order valence-electron chi connectivity index (χ0n) is 16.0. The first-order chi connectivity index (χ1) is 14.2. The predicted octanol–water partition coefficient (Wildman–Crippen LogP) is 4.39. The van der Waals surface area contributed by atoms with Gasteiger partial charge < -0.3 is 0 Å². The fourth-order valence-electron chi connectivity index (χ4n) is 4.45. The largest absolute Gasteiger partial charge is 0.278 e. The number of fused-ring (bicyclic) bond motifs is 8. The molecule has 1 saturated heterocycles. The van der Waals surface area contributed by atoms with Gasteiger partial charge in [0.2, 0.25) is 5.95 Å². The van der Waals surface area contributed by atoms with Crippen molar-refractivity contribution in [3.05, 3.63) is 50.3 Å². The van der Waals surface area contributed by atoms with Gasteiger partial charge in [0, 0.05) is 20.7 Å². The zero-order valence-corrected chi connectivity index (χ0v) is 19.2. The summed E-state index contributed by atoms with van der Waals surface area (Å²) >= 11 is 7.21. The number of hydrazine groups is 1. The molecule has 0 radical (unpaired) electrons. The number of halogens is 1. The van der Waals surface area contributed by atoms with E-state index in [9.17, 15) is 0 Å². The summed E-state index contributed by atoms with van der Waals surface area (Å²) in [6, 6.07) is 8.49. The van der Waals surface area contributed by atoms with Gasteiger partial charge in [-0.3, -0.25) is 10.3 Å². The van der Waals surface area contributed by atoms with E-state index in [0.29, 0.717) is 0 Å². The Morgan fingerprint density at radius 3 is 3.00 bits per heavy atom. The van der Waals surface area contributed by atoms with Crippen LogP contribution in [0.2, 0.25) is 0 Å². The van der Waals surface area contributed by atoms with E-state index in [2.05, 4.69) is 77.6 Å². The molecule has 2 N–H and O–H groups in total. The summed E-state index contributed by atoms with van der Waals surface area (Å²) in [6.07, 6.45) is 3.79. The number of rotatable bonds is 3. The van der Waals surface area contributed by atoms with Crippen molar-refractivity contribution in [2.75, 3.05) is 11.7 Å². The first kappa shape index (κ1) is 18.4. The van der Waals surface area contributed by atoms with Crippen LogP contribution < -0.4 is 15.8 Å². The van der Waals surface area contributed by atoms with Crippen LogP contribution in [0.1, 0.15) is 41.1 Å². The third-order valence-electron chi connectivity index (χ3n) is 5.93. The first-order valence-corrected chi connectivity index (χ1v) is 12.5. The summed E-state index contributed by atoms with van der Waals surface area (Å²) in [6.45, 7) is 3.12. The fraction of sp³-hybridized carbons (Fsp3) is 0.400. The van der Waals surface area contributed by atoms with Crippen LogP contribution in [0.4, 0.5) is 5.95 Å². The van der Waals surface area contributed by atoms with Gasteiger partial charge in [-0.25, -0.2) is 9.99 Å². The van der Waals surface area contributed by atoms with E-state index in [1.807, 2.05) is 11.3 Å². The maximum atomic E-state index is 4.57. The second kappa shape index (κ2) is 7.09. The van der Waals surface area contributed by atoms with Gasteiger partial charge in [-0.15, -0.1) is 21.5 Å². The molecule has 150 valence electrons. The first-order valence-electron chi connectivity index (χ1n) is 9.92. The van der Waals surface area contributed by atoms with Gasteiger partial charge in [-0.05, 0) is 48.4 Å². The highest BCUT2D eigenvalue weighted by atomic mass is 79.9. The Bertz CT molecular complexity index is 1080. The zero-order chi connectivity index (χ0) is 19.5. The van der Waals surface area contributed by atoms with Crippen LogP contribution in [-0.2, 0) is 18.6 Å². The summed E-state index contributed by atoms with van der Waals surface area (Å²) < 4.78 is 3.37. The second-order valence-electron chi connectivity index (χ2n) is 7.92. The molecule has 3 aliphatic rings. The van der Waals surface area contributed by atoms with Crippen LogP contribution in [0.3, 0.4) is 0 Å². The lowest BCUT2D eigenvalue weighted by atomic mass is 9.87. The van der Waals surface area contributed by atoms with E-state index in [-0.39, 0.29) is 6.17 Å². The van der Waals surface area contributed by atoms with Crippen LogP contribution in [-0.4, -0.2) is 21.4 Å². The van der Waals surface area contributed by atoms with Crippen molar-refractivity contribution >= 4 is 45.0 Å². The van der Waals surface area contributed by atoms with Crippen molar-refractivity contribution in [3.63, 3.8) is 0 Å². The lowest BCUT2D eigenvalue weighted by Crippen LogP contribution is -2.39. The number of anilines is 1. The number of hydrogen-bond donors (Lipinski definition) is 2. The number of nitrogens with zero attached hydrogens (tertiary/aromatic N) is 4. The molecular weight excluding hydrogens is 468 g/mol. The lowest BCUT2D eigenvalue weighted by molar-refractivity contribution is 0.499. The Labute approximate surface area is 186 Å². The minimum Gasteiger partial charge on any atom is -0.278 e. The van der Waals surface area contributed by atoms with Gasteiger partial charge in [-0.1, -0.05) is 46.7 Å². The maximum Gasteiger partial charge on any atom is 0.249 e. The Morgan fingerprint density at radius 2 is 2.14 bits per heavy atom. The molecule has 1 aliphatic carbocycles. The Morgan fingerprint density at radius 1 is 1.28 bits per heavy atom. The SMILES string of the molecule is C[C@H]1CCc2c(sc3c2C2NCNN2c2nnc(SCc4ccc(Br)cc4)n2-3)C1. The van der Waals surface area contributed by atoms with E-state index < -0.39 is 0 Å². The summed E-state index contributed by atoms with van der Waals surface area (Å²) in [5.74, 6) is 2.52. The molecule has 29 heavy (non-hydrogen) atoms. The van der Waals surface area contributed by atoms with Crippen LogP contribution in [0, 0.1) is 5.92 Å². The number of thiophene rings is 1. The molecule has 1 aromatic carbocycles. The molecule has 0 bridgehead atoms. The summed E-state index contributed by atoms with van der Waals surface area (Å²) in [7, 11) is 0. The molecule has 9 heteroatoms. The van der Waals surface area contributed by atoms with Gasteiger partial charge in [0.05, 0.1) is 6.67 Å². The maximum absolute atomic E-state index is 4.57. The van der Waals surface area contributed by atoms with Crippen LogP contribution >= 0.6 is 39.0 Å². The smallest absolute Gasteiger partial charge is 0.249 e. The Kier molecular flexibility index (Phi) is 4.50. The third-order valence-corrected chi connectivity index (χ3v) is 8.71. The monoisotopic (exact) mass is 488 g/mol. The van der Waals surface area contributed by atoms with Crippen molar-refractivity contribution in [2.24, 2.45) is 5.92 Å². The van der Waals surface area contributed by atoms with Crippen LogP contribution in [0.5, 0.6) is 0 Å². The molecule has 0 amide bonds. The molecule has 1 fully saturated rings. The second-order valence-corrected chi connectivity index (χ2v) is 10.9. The number of benzene rings is 1. The van der Waals surface area contributed by atoms with Crippen molar-refractivity contribution in [1.29, 1.82) is 0 Å². The predicted molar refractivity (Wildman–Crippen MR) is 120 cm³/mol. The summed E-state index contributed by atoms with van der Waals surface area (Å²) in [5.41, 5.74) is 7.71. The van der Waals surface area contributed by atoms with Gasteiger partial charge in [0.1, 0.15) is 11.2 Å². The minimum absolute atomic E-state index is 0.152. The highest BCUT2D eigenvalue weighted by molar-refractivity contribution is 9.10. The van der Waals surface area contributed by atoms with Gasteiger partial charge in [0.25, 0.3) is 0 Å². The molecule has 4 heterocycles. The molecule has 6 nitrogen and oxygen atoms in total. The average Bonchev–Trinajstić information content (AvgIpc) is 3.42. The van der Waals surface area contributed by atoms with Crippen molar-refractivity contribution < 1.29 is 0 Å². The van der Waals surface area contributed by atoms with Gasteiger partial charge >= 0.3 is 0 Å². The molecule has 2 aromatic heterocycles. The Hall–Kier alpha value is -1.39. The van der Waals surface area contributed by atoms with Crippen LogP contribution in [0.15, 0.2) is 33.9 Å². The lowest BCUT2D eigenvalue weighted by Gasteiger charge is -2.31. The fourth-order valence-corrected chi connectivity index (χ4v) is 7.21. The average molecular weight is 489 g/mol. The number of hydrogen-bond acceptors (Lipinski definition) is 7. The van der Waals surface area contributed by atoms with Gasteiger partial charge in [-0.2, -0.15) is 0 Å². The quantitative estimate of drug-likeness (QED) is 0.533. The van der Waals surface area contributed by atoms with E-state index >= 15 is 0 Å². The standard InChI is InChI=1S/C20H21BrN6S2/c1-11-2-7-14-15(8-11)29-18-16(14)17-22-10-23-27(17)19-24-25-20(26(18)19)28-9-12-3-5-13(21)6-4-12/h3-6,11,17,22-23H,2,7-10H2,1H3/t11-,17?/m0/s1. The van der Waals surface area contributed by atoms with E-state index in [1.165, 1.54) is 35.4 Å². The van der Waals surface area contributed by atoms with Gasteiger partial charge in [0.15, 0.2) is 5.16 Å². The summed E-state index contributed by atoms with van der Waals surface area (Å²) in [5, 5.41) is 17.2. The number of nitrogens with one attached hydrogen (secondary N) is 2. The normalized spacial score (nSPS) is 22.2. The van der Waals surface area contributed by atoms with Crippen molar-refractivity contribution in [1.82, 2.24) is 25.5 Å². The minimum atomic E-state index is 0.152. The molecule has 0 spiro atoms. The summed E-state index contributed by atoms with van der Waals surface area (Å²) in [4.78, 5) is 1.55. The third kappa shape index (κ3) is 2.97. The molecule has 1 unspecified atom stereocenters. The highest BCUT2D eigenvalue weighted by Gasteiger charge is 2.42. The molecule has 0 saturated carbocycles. The van der Waals surface area contributed by atoms with E-state index in [0.717, 1.165) is 33.9 Å². The van der Waals surface area contributed by atoms with E-state index in [4.69, 9.17) is 0 Å².